The second-order valence-corrected chi connectivity index (χ2v) is 13.0. The predicted molar refractivity (Wildman–Crippen MR) is 159 cm³/mol. The Bertz CT molecular complexity index is 1480. The van der Waals surface area contributed by atoms with Gasteiger partial charge in [0, 0.05) is 24.1 Å². The Balaban J connectivity index is 2.09. The number of hydrogen-bond acceptors (Lipinski definition) is 5. The van der Waals surface area contributed by atoms with Gasteiger partial charge >= 0.3 is 0 Å². The van der Waals surface area contributed by atoms with Crippen molar-refractivity contribution < 1.29 is 27.1 Å². The molecule has 0 fully saturated rings. The SMILES string of the molecule is COc1ccc(N(CC(=O)N(Cc2ccccc2F)[C@@H](Cc2ccccc2)C(=O)NC(C)(C)C)S(C)(=O)=O)cc1Cl. The van der Waals surface area contributed by atoms with Crippen LogP contribution in [-0.2, 0) is 32.6 Å². The van der Waals surface area contributed by atoms with Crippen molar-refractivity contribution in [2.24, 2.45) is 0 Å². The van der Waals surface area contributed by atoms with Gasteiger partial charge in [-0.25, -0.2) is 12.8 Å². The Labute approximate surface area is 246 Å². The van der Waals surface area contributed by atoms with Gasteiger partial charge in [0.15, 0.2) is 0 Å². The molecular weight excluding hydrogens is 569 g/mol. The quantitative estimate of drug-likeness (QED) is 0.339. The average Bonchev–Trinajstić information content (AvgIpc) is 2.89. The fourth-order valence-electron chi connectivity index (χ4n) is 4.24. The lowest BCUT2D eigenvalue weighted by molar-refractivity contribution is -0.140. The fourth-order valence-corrected chi connectivity index (χ4v) is 5.33. The van der Waals surface area contributed by atoms with Gasteiger partial charge in [-0.05, 0) is 50.6 Å². The highest BCUT2D eigenvalue weighted by molar-refractivity contribution is 7.92. The molecule has 11 heteroatoms. The van der Waals surface area contributed by atoms with Gasteiger partial charge in [-0.2, -0.15) is 0 Å². The maximum atomic E-state index is 14.8. The van der Waals surface area contributed by atoms with E-state index in [0.717, 1.165) is 16.1 Å². The van der Waals surface area contributed by atoms with Crippen LogP contribution in [0.25, 0.3) is 0 Å². The number of ether oxygens (including phenoxy) is 1. The van der Waals surface area contributed by atoms with Crippen molar-refractivity contribution in [3.05, 3.63) is 94.8 Å². The molecule has 0 spiro atoms. The number of sulfonamides is 1. The lowest BCUT2D eigenvalue weighted by Gasteiger charge is -2.35. The van der Waals surface area contributed by atoms with Gasteiger partial charge in [-0.1, -0.05) is 60.1 Å². The first-order valence-electron chi connectivity index (χ1n) is 12.9. The molecule has 0 unspecified atom stereocenters. The van der Waals surface area contributed by atoms with E-state index in [1.54, 1.807) is 6.07 Å². The summed E-state index contributed by atoms with van der Waals surface area (Å²) in [6.45, 7) is 4.52. The van der Waals surface area contributed by atoms with Crippen LogP contribution in [0.15, 0.2) is 72.8 Å². The molecule has 2 amide bonds. The summed E-state index contributed by atoms with van der Waals surface area (Å²) in [5.74, 6) is -1.37. The van der Waals surface area contributed by atoms with Crippen molar-refractivity contribution in [1.82, 2.24) is 10.2 Å². The van der Waals surface area contributed by atoms with Gasteiger partial charge in [0.05, 0.1) is 24.1 Å². The Morgan fingerprint density at radius 3 is 2.22 bits per heavy atom. The summed E-state index contributed by atoms with van der Waals surface area (Å²) >= 11 is 6.25. The average molecular weight is 604 g/mol. The van der Waals surface area contributed by atoms with Crippen molar-refractivity contribution in [2.45, 2.75) is 45.3 Å². The topological polar surface area (TPSA) is 96.0 Å². The minimum Gasteiger partial charge on any atom is -0.495 e. The summed E-state index contributed by atoms with van der Waals surface area (Å²) in [7, 11) is -2.56. The number of nitrogens with one attached hydrogen (secondary N) is 1. The van der Waals surface area contributed by atoms with Gasteiger partial charge in [0.1, 0.15) is 24.2 Å². The van der Waals surface area contributed by atoms with E-state index >= 15 is 0 Å². The highest BCUT2D eigenvalue weighted by Crippen LogP contribution is 2.30. The molecule has 3 aromatic rings. The van der Waals surface area contributed by atoms with Gasteiger partial charge < -0.3 is 15.0 Å². The van der Waals surface area contributed by atoms with Crippen LogP contribution in [0.2, 0.25) is 5.02 Å². The summed E-state index contributed by atoms with van der Waals surface area (Å²) in [4.78, 5) is 29.0. The first-order chi connectivity index (χ1) is 19.2. The van der Waals surface area contributed by atoms with Crippen LogP contribution in [0.4, 0.5) is 10.1 Å². The van der Waals surface area contributed by atoms with Gasteiger partial charge in [-0.15, -0.1) is 0 Å². The van der Waals surface area contributed by atoms with E-state index in [-0.39, 0.29) is 29.2 Å². The Morgan fingerprint density at radius 2 is 1.66 bits per heavy atom. The van der Waals surface area contributed by atoms with E-state index in [0.29, 0.717) is 5.75 Å². The minimum atomic E-state index is -3.99. The van der Waals surface area contributed by atoms with Gasteiger partial charge in [-0.3, -0.25) is 13.9 Å². The largest absolute Gasteiger partial charge is 0.495 e. The van der Waals surface area contributed by atoms with Crippen LogP contribution in [0.5, 0.6) is 5.75 Å². The summed E-state index contributed by atoms with van der Waals surface area (Å²) in [5, 5.41) is 3.07. The number of halogens is 2. The summed E-state index contributed by atoms with van der Waals surface area (Å²) in [6, 6.07) is 18.3. The second kappa shape index (κ2) is 13.4. The number of rotatable bonds is 11. The Morgan fingerprint density at radius 1 is 1.02 bits per heavy atom. The van der Waals surface area contributed by atoms with Crippen LogP contribution in [0.1, 0.15) is 31.9 Å². The number of carbonyl (C=O) groups is 2. The first-order valence-corrected chi connectivity index (χ1v) is 15.1. The van der Waals surface area contributed by atoms with Gasteiger partial charge in [0.25, 0.3) is 0 Å². The van der Waals surface area contributed by atoms with Crippen molar-refractivity contribution in [1.29, 1.82) is 0 Å². The Hall–Kier alpha value is -3.63. The molecule has 0 saturated carbocycles. The molecule has 220 valence electrons. The molecule has 0 bridgehead atoms. The van der Waals surface area contributed by atoms with E-state index in [2.05, 4.69) is 5.32 Å². The zero-order chi connectivity index (χ0) is 30.4. The normalized spacial score (nSPS) is 12.4. The maximum Gasteiger partial charge on any atom is 0.244 e. The molecule has 0 aliphatic heterocycles. The van der Waals surface area contributed by atoms with Crippen LogP contribution in [0.3, 0.4) is 0 Å². The lowest BCUT2D eigenvalue weighted by Crippen LogP contribution is -2.56. The van der Waals surface area contributed by atoms with Crippen molar-refractivity contribution in [2.75, 3.05) is 24.2 Å². The molecule has 0 radical (unpaired) electrons. The molecule has 3 rings (SSSR count). The van der Waals surface area contributed by atoms with Crippen LogP contribution in [-0.4, -0.2) is 56.6 Å². The number of benzene rings is 3. The highest BCUT2D eigenvalue weighted by Gasteiger charge is 2.34. The monoisotopic (exact) mass is 603 g/mol. The maximum absolute atomic E-state index is 14.8. The van der Waals surface area contributed by atoms with Crippen LogP contribution in [0, 0.1) is 5.82 Å². The molecule has 3 aromatic carbocycles. The molecule has 0 saturated heterocycles. The third-order valence-corrected chi connectivity index (χ3v) is 7.61. The third-order valence-electron chi connectivity index (χ3n) is 6.17. The van der Waals surface area contributed by atoms with Crippen LogP contribution < -0.4 is 14.4 Å². The molecule has 0 aromatic heterocycles. The number of nitrogens with zero attached hydrogens (tertiary/aromatic N) is 2. The summed E-state index contributed by atoms with van der Waals surface area (Å²) < 4.78 is 46.7. The fraction of sp³-hybridized carbons (Fsp3) is 0.333. The van der Waals surface area contributed by atoms with E-state index in [9.17, 15) is 22.4 Å². The molecule has 8 nitrogen and oxygen atoms in total. The number of amides is 2. The molecular formula is C30H35ClFN3O5S. The van der Waals surface area contributed by atoms with Crippen molar-refractivity contribution >= 4 is 39.1 Å². The smallest absolute Gasteiger partial charge is 0.244 e. The van der Waals surface area contributed by atoms with Crippen LogP contribution >= 0.6 is 11.6 Å². The minimum absolute atomic E-state index is 0.121. The molecule has 0 aliphatic rings. The molecule has 1 N–H and O–H groups in total. The van der Waals surface area contributed by atoms with Crippen molar-refractivity contribution in [3.8, 4) is 5.75 Å². The predicted octanol–water partition coefficient (Wildman–Crippen LogP) is 4.81. The number of hydrogen-bond donors (Lipinski definition) is 1. The third kappa shape index (κ3) is 8.93. The second-order valence-electron chi connectivity index (χ2n) is 10.6. The van der Waals surface area contributed by atoms with E-state index in [4.69, 9.17) is 16.3 Å². The summed E-state index contributed by atoms with van der Waals surface area (Å²) in [5.41, 5.74) is 0.462. The number of anilines is 1. The highest BCUT2D eigenvalue weighted by atomic mass is 35.5. The lowest BCUT2D eigenvalue weighted by atomic mass is 10.0. The van der Waals surface area contributed by atoms with Crippen molar-refractivity contribution in [3.63, 3.8) is 0 Å². The van der Waals surface area contributed by atoms with E-state index in [1.165, 1.54) is 48.4 Å². The number of methoxy groups -OCH3 is 1. The van der Waals surface area contributed by atoms with E-state index < -0.39 is 45.8 Å². The van der Waals surface area contributed by atoms with Gasteiger partial charge in [0.2, 0.25) is 21.8 Å². The zero-order valence-corrected chi connectivity index (χ0v) is 25.3. The molecule has 0 heterocycles. The van der Waals surface area contributed by atoms with E-state index in [1.807, 2.05) is 51.1 Å². The number of carbonyl (C=O) groups excluding carboxylic acids is 2. The zero-order valence-electron chi connectivity index (χ0n) is 23.7. The first kappa shape index (κ1) is 31.9. The molecule has 1 atom stereocenters. The Kier molecular flexibility index (Phi) is 10.4. The molecule has 41 heavy (non-hydrogen) atoms. The summed E-state index contributed by atoms with van der Waals surface area (Å²) in [6.07, 6.45) is 1.09. The molecule has 0 aliphatic carbocycles. The standard InChI is InChI=1S/C30H35ClFN3O5S/c1-30(2,3)33-29(37)26(17-21-11-7-6-8-12-21)34(19-22-13-9-10-14-25(22)32)28(36)20-35(41(5,38)39)23-15-16-27(40-4)24(31)18-23/h6-16,18,26H,17,19-20H2,1-5H3,(H,33,37)/t26-/m0/s1.